The fraction of sp³-hybridized carbons (Fsp3) is 0.425. The van der Waals surface area contributed by atoms with Crippen LogP contribution in [-0.4, -0.2) is 58.5 Å². The van der Waals surface area contributed by atoms with E-state index in [1.54, 1.807) is 0 Å². The number of carbonyl (C=O) groups excluding carboxylic acids is 3. The lowest BCUT2D eigenvalue weighted by molar-refractivity contribution is -0.141. The number of rotatable bonds is 11. The molecule has 0 radical (unpaired) electrons. The highest BCUT2D eigenvalue weighted by atomic mass is 16.5. The average Bonchev–Trinajstić information content (AvgIpc) is 3.78. The van der Waals surface area contributed by atoms with Gasteiger partial charge in [0.15, 0.2) is 0 Å². The predicted octanol–water partition coefficient (Wildman–Crippen LogP) is 7.54. The van der Waals surface area contributed by atoms with Crippen LogP contribution in [0.2, 0.25) is 0 Å². The summed E-state index contributed by atoms with van der Waals surface area (Å²) in [5.74, 6) is -1.47. The minimum absolute atomic E-state index is 0.135. The third-order valence-electron chi connectivity index (χ3n) is 10.2. The fourth-order valence-electron chi connectivity index (χ4n) is 7.17. The van der Waals surface area contributed by atoms with Crippen molar-refractivity contribution in [3.63, 3.8) is 0 Å². The highest BCUT2D eigenvalue weighted by Crippen LogP contribution is 2.44. The molecule has 5 heterocycles. The van der Waals surface area contributed by atoms with E-state index in [1.165, 1.54) is 14.2 Å². The molecule has 3 aromatic heterocycles. The number of nitrogens with zero attached hydrogens (tertiary/aromatic N) is 2. The van der Waals surface area contributed by atoms with E-state index in [-0.39, 0.29) is 36.6 Å². The van der Waals surface area contributed by atoms with Crippen molar-refractivity contribution in [1.82, 2.24) is 25.3 Å². The van der Waals surface area contributed by atoms with E-state index in [4.69, 9.17) is 19.4 Å². The second-order valence-electron chi connectivity index (χ2n) is 13.2. The molecule has 1 amide bonds. The molecule has 2 unspecified atom stereocenters. The minimum atomic E-state index is -0.480. The number of aromatic amines is 2. The molecule has 50 heavy (non-hydrogen) atoms. The van der Waals surface area contributed by atoms with Gasteiger partial charge in [0.2, 0.25) is 0 Å². The topological polar surface area (TPSA) is 139 Å². The van der Waals surface area contributed by atoms with Gasteiger partial charge in [-0.2, -0.15) is 0 Å². The van der Waals surface area contributed by atoms with Gasteiger partial charge >= 0.3 is 11.9 Å². The van der Waals surface area contributed by atoms with E-state index in [9.17, 15) is 14.4 Å². The van der Waals surface area contributed by atoms with E-state index in [0.29, 0.717) is 46.8 Å². The lowest BCUT2D eigenvalue weighted by Crippen LogP contribution is -2.26. The van der Waals surface area contributed by atoms with Crippen LogP contribution in [0.25, 0.3) is 39.3 Å². The van der Waals surface area contributed by atoms with E-state index in [1.807, 2.05) is 25.1 Å². The van der Waals surface area contributed by atoms with Gasteiger partial charge < -0.3 is 24.8 Å². The summed E-state index contributed by atoms with van der Waals surface area (Å²) >= 11 is 0. The number of nitrogens with one attached hydrogen (secondary N) is 3. The van der Waals surface area contributed by atoms with Gasteiger partial charge in [-0.25, -0.2) is 4.98 Å². The Kier molecular flexibility index (Phi) is 11.1. The van der Waals surface area contributed by atoms with Crippen molar-refractivity contribution in [2.75, 3.05) is 20.8 Å². The van der Waals surface area contributed by atoms with Crippen LogP contribution < -0.4 is 5.32 Å². The van der Waals surface area contributed by atoms with Crippen LogP contribution >= 0.6 is 0 Å². The minimum Gasteiger partial charge on any atom is -0.469 e. The van der Waals surface area contributed by atoms with Crippen molar-refractivity contribution < 1.29 is 23.9 Å². The first-order valence-electron chi connectivity index (χ1n) is 17.5. The third kappa shape index (κ3) is 6.88. The van der Waals surface area contributed by atoms with E-state index in [0.717, 1.165) is 69.3 Å². The number of hydrogen-bond donors (Lipinski definition) is 3. The summed E-state index contributed by atoms with van der Waals surface area (Å²) in [6, 6.07) is 6.14. The Labute approximate surface area is 293 Å². The summed E-state index contributed by atoms with van der Waals surface area (Å²) < 4.78 is 10.2. The van der Waals surface area contributed by atoms with Crippen LogP contribution in [0.1, 0.15) is 116 Å². The molecule has 10 heteroatoms. The molecule has 0 aliphatic carbocycles. The van der Waals surface area contributed by atoms with Crippen LogP contribution in [0.3, 0.4) is 0 Å². The first kappa shape index (κ1) is 36.3. The normalized spacial score (nSPS) is 15.6. The molecule has 3 aromatic rings. The van der Waals surface area contributed by atoms with Gasteiger partial charge in [-0.15, -0.1) is 0 Å². The van der Waals surface area contributed by atoms with Gasteiger partial charge in [-0.3, -0.25) is 19.4 Å². The van der Waals surface area contributed by atoms with Crippen molar-refractivity contribution in [1.29, 1.82) is 0 Å². The average molecular weight is 680 g/mol. The van der Waals surface area contributed by atoms with E-state index >= 15 is 0 Å². The number of H-pyrrole nitrogens is 2. The molecule has 3 N–H and O–H groups in total. The number of amides is 1. The monoisotopic (exact) mass is 679 g/mol. The highest BCUT2D eigenvalue weighted by Gasteiger charge is 2.35. The molecule has 0 aromatic carbocycles. The third-order valence-corrected chi connectivity index (χ3v) is 10.2. The fourth-order valence-corrected chi connectivity index (χ4v) is 7.17. The molecule has 0 fully saturated rings. The van der Waals surface area contributed by atoms with Crippen LogP contribution in [0.15, 0.2) is 24.8 Å². The van der Waals surface area contributed by atoms with Crippen LogP contribution in [0, 0.1) is 13.8 Å². The smallest absolute Gasteiger partial charge is 0.310 e. The first-order valence-corrected chi connectivity index (χ1v) is 17.5. The number of unbranched alkanes of at least 4 members (excludes halogenated alkanes) is 1. The van der Waals surface area contributed by atoms with Gasteiger partial charge in [-0.1, -0.05) is 39.8 Å². The Balaban J connectivity index is 1.98. The highest BCUT2D eigenvalue weighted by molar-refractivity contribution is 6.27. The Morgan fingerprint density at radius 3 is 2.28 bits per heavy atom. The van der Waals surface area contributed by atoms with E-state index < -0.39 is 5.97 Å². The predicted molar refractivity (Wildman–Crippen MR) is 198 cm³/mol. The lowest BCUT2D eigenvalue weighted by Gasteiger charge is -2.18. The zero-order valence-electron chi connectivity index (χ0n) is 30.6. The van der Waals surface area contributed by atoms with Gasteiger partial charge in [-0.05, 0) is 80.5 Å². The molecule has 10 nitrogen and oxygen atoms in total. The van der Waals surface area contributed by atoms with Crippen LogP contribution in [-0.2, 0) is 36.7 Å². The molecule has 5 rings (SSSR count). The number of aromatic nitrogens is 4. The summed E-state index contributed by atoms with van der Waals surface area (Å²) in [7, 11) is 2.72. The number of methoxy groups -OCH3 is 2. The first-order chi connectivity index (χ1) is 24.0. The summed E-state index contributed by atoms with van der Waals surface area (Å²) in [6.07, 6.45) is 4.84. The number of allylic oxidation sites excluding steroid dienone is 1. The van der Waals surface area contributed by atoms with Crippen molar-refractivity contribution in [2.24, 2.45) is 0 Å². The van der Waals surface area contributed by atoms with Crippen molar-refractivity contribution in [3.05, 3.63) is 75.4 Å². The summed E-state index contributed by atoms with van der Waals surface area (Å²) in [6.45, 7) is 16.9. The number of aryl methyl sites for hydroxylation is 3. The SMILES string of the molecule is C=Cc1c(C)c2cc3nc(c(CC(=O)OC)c4nc(cc5[nH]c(cc1[nH]2)c(C)c5CC)C(C)=C4C(=O)NCCCC)C(CCC(=O)OC)C3C. The van der Waals surface area contributed by atoms with Crippen molar-refractivity contribution in [2.45, 2.75) is 91.9 Å². The number of carbonyl (C=O) groups is 3. The second-order valence-corrected chi connectivity index (χ2v) is 13.2. The maximum absolute atomic E-state index is 14.0. The molecule has 0 spiro atoms. The summed E-state index contributed by atoms with van der Waals surface area (Å²) in [5.41, 5.74) is 12.0. The second kappa shape index (κ2) is 15.3. The molecule has 0 saturated carbocycles. The van der Waals surface area contributed by atoms with E-state index in [2.05, 4.69) is 62.5 Å². The summed E-state index contributed by atoms with van der Waals surface area (Å²) in [5, 5.41) is 3.08. The largest absolute Gasteiger partial charge is 0.469 e. The Hall–Kier alpha value is -4.99. The quantitative estimate of drug-likeness (QED) is 0.141. The van der Waals surface area contributed by atoms with Crippen molar-refractivity contribution >= 4 is 57.1 Å². The molecular formula is C40H49N5O5. The number of fused-ring (bicyclic) bond motifs is 8. The molecular weight excluding hydrogens is 630 g/mol. The van der Waals surface area contributed by atoms with Crippen molar-refractivity contribution in [3.8, 4) is 0 Å². The van der Waals surface area contributed by atoms with Gasteiger partial charge in [0.05, 0.1) is 43.3 Å². The van der Waals surface area contributed by atoms with Crippen LogP contribution in [0.5, 0.6) is 0 Å². The summed E-state index contributed by atoms with van der Waals surface area (Å²) in [4.78, 5) is 57.2. The Morgan fingerprint density at radius 2 is 1.62 bits per heavy atom. The zero-order valence-corrected chi connectivity index (χ0v) is 30.6. The standard InChI is InChI=1S/C40H49N5O5/c1-10-13-16-41-40(48)37-24(7)32-20-34-26(12-3)22(5)30(43-34)19-33-25(11-2)21(4)29(42-33)18-31-23(6)27(14-15-35(46)49-8)38(44-31)28(39(37)45-32)17-36(47)50-9/h11,18-20,23,27,42-43H,2,10,12-17H2,1,3-9H3,(H,41,48). The molecule has 2 aliphatic rings. The van der Waals surface area contributed by atoms with Gasteiger partial charge in [0.1, 0.15) is 0 Å². The Bertz CT molecular complexity index is 2050. The number of hydrogen-bond acceptors (Lipinski definition) is 7. The maximum atomic E-state index is 14.0. The maximum Gasteiger partial charge on any atom is 0.310 e. The zero-order chi connectivity index (χ0) is 36.3. The molecule has 264 valence electrons. The lowest BCUT2D eigenvalue weighted by atomic mass is 9.84. The number of esters is 2. The van der Waals surface area contributed by atoms with Gasteiger partial charge in [0.25, 0.3) is 5.91 Å². The Morgan fingerprint density at radius 1 is 0.920 bits per heavy atom. The van der Waals surface area contributed by atoms with Crippen LogP contribution in [0.4, 0.5) is 0 Å². The molecule has 8 bridgehead atoms. The number of ether oxygens (including phenoxy) is 2. The molecule has 2 atom stereocenters. The van der Waals surface area contributed by atoms with Gasteiger partial charge in [0, 0.05) is 63.7 Å². The molecule has 0 saturated heterocycles. The molecule has 2 aliphatic heterocycles.